The number of anilines is 1. The molecule has 160 valence electrons. The lowest BCUT2D eigenvalue weighted by Crippen LogP contribution is -2.32. The molecule has 1 aromatic rings. The summed E-state index contributed by atoms with van der Waals surface area (Å²) in [5.41, 5.74) is 5.91. The molecule has 0 bridgehead atoms. The standard InChI is InChI=1S/C21H28Cl2N2O3S/c1-3-4-5-6-7-8-9-19-18(13-21(27)29(19)2)28-14-20(26)25-24-15-10-11-16(22)17(23)12-15/h10-13,24H,3-9,14H2,1-2H3,(H,25,26). The first-order valence-corrected chi connectivity index (χ1v) is 12.2. The zero-order valence-corrected chi connectivity index (χ0v) is 19.2. The van der Waals surface area contributed by atoms with Gasteiger partial charge < -0.3 is 4.74 Å². The Labute approximate surface area is 185 Å². The summed E-state index contributed by atoms with van der Waals surface area (Å²) in [5.74, 6) is 0.199. The smallest absolute Gasteiger partial charge is 0.276 e. The third-order valence-electron chi connectivity index (χ3n) is 4.58. The van der Waals surface area contributed by atoms with Gasteiger partial charge in [0.2, 0.25) is 5.12 Å². The maximum Gasteiger partial charge on any atom is 0.276 e. The lowest BCUT2D eigenvalue weighted by molar-refractivity contribution is -0.123. The molecule has 2 N–H and O–H groups in total. The van der Waals surface area contributed by atoms with E-state index in [1.54, 1.807) is 18.2 Å². The van der Waals surface area contributed by atoms with Gasteiger partial charge in [-0.25, -0.2) is 0 Å². The molecule has 1 atom stereocenters. The van der Waals surface area contributed by atoms with E-state index in [0.717, 1.165) is 24.1 Å². The second-order valence-corrected chi connectivity index (χ2v) is 9.60. The normalized spacial score (nSPS) is 16.0. The number of halogens is 2. The van der Waals surface area contributed by atoms with E-state index in [-0.39, 0.29) is 17.6 Å². The van der Waals surface area contributed by atoms with Gasteiger partial charge in [0, 0.05) is 10.9 Å². The Morgan fingerprint density at radius 1 is 1.10 bits per heavy atom. The van der Waals surface area contributed by atoms with E-state index in [1.165, 1.54) is 31.8 Å². The van der Waals surface area contributed by atoms with Crippen LogP contribution in [0.15, 0.2) is 30.0 Å². The lowest BCUT2D eigenvalue weighted by Gasteiger charge is -2.13. The Bertz CT molecular complexity index is 809. The summed E-state index contributed by atoms with van der Waals surface area (Å²) in [6, 6.07) is 4.94. The number of rotatable bonds is 12. The second kappa shape index (κ2) is 12.3. The zero-order chi connectivity index (χ0) is 21.2. The monoisotopic (exact) mass is 458 g/mol. The third-order valence-corrected chi connectivity index (χ3v) is 7.18. The number of amides is 1. The summed E-state index contributed by atoms with van der Waals surface area (Å²) < 4.78 is 5.66. The Kier molecular flexibility index (Phi) is 10.0. The molecule has 5 nitrogen and oxygen atoms in total. The Hall–Kier alpha value is -1.50. The summed E-state index contributed by atoms with van der Waals surface area (Å²) in [6.45, 7) is 2.03. The molecule has 1 unspecified atom stereocenters. The van der Waals surface area contributed by atoms with Crippen LogP contribution in [0.25, 0.3) is 0 Å². The maximum atomic E-state index is 12.1. The highest BCUT2D eigenvalue weighted by atomic mass is 35.5. The largest absolute Gasteiger partial charge is 0.483 e. The number of hydrogen-bond donors (Lipinski definition) is 2. The summed E-state index contributed by atoms with van der Waals surface area (Å²) in [5, 5.41) is 0.893. The average molecular weight is 459 g/mol. The molecule has 1 amide bonds. The fraction of sp³-hybridized carbons (Fsp3) is 0.476. The van der Waals surface area contributed by atoms with E-state index >= 15 is 0 Å². The number of carbonyl (C=O) groups is 2. The van der Waals surface area contributed by atoms with Crippen LogP contribution >= 0.6 is 33.7 Å². The van der Waals surface area contributed by atoms with Gasteiger partial charge in [-0.1, -0.05) is 62.2 Å². The molecule has 1 aliphatic heterocycles. The predicted octanol–water partition coefficient (Wildman–Crippen LogP) is 5.70. The van der Waals surface area contributed by atoms with Crippen LogP contribution in [-0.2, 0) is 14.3 Å². The molecule has 0 aliphatic carbocycles. The molecule has 0 saturated heterocycles. The predicted molar refractivity (Wildman–Crippen MR) is 124 cm³/mol. The summed E-state index contributed by atoms with van der Waals surface area (Å²) in [7, 11) is -0.462. The van der Waals surface area contributed by atoms with Crippen LogP contribution in [0.5, 0.6) is 0 Å². The molecule has 2 rings (SSSR count). The molecule has 0 spiro atoms. The minimum Gasteiger partial charge on any atom is -0.483 e. The number of carbonyl (C=O) groups excluding carboxylic acids is 2. The molecule has 0 aromatic heterocycles. The molecule has 0 saturated carbocycles. The van der Waals surface area contributed by atoms with Gasteiger partial charge in [0.15, 0.2) is 6.61 Å². The van der Waals surface area contributed by atoms with Crippen LogP contribution in [-0.4, -0.2) is 28.7 Å². The first-order chi connectivity index (χ1) is 13.9. The van der Waals surface area contributed by atoms with Crippen molar-refractivity contribution in [1.82, 2.24) is 5.43 Å². The minimum absolute atomic E-state index is 0.0651. The Morgan fingerprint density at radius 2 is 1.83 bits per heavy atom. The van der Waals surface area contributed by atoms with Crippen molar-refractivity contribution in [3.63, 3.8) is 0 Å². The van der Waals surface area contributed by atoms with Crippen molar-refractivity contribution in [3.8, 4) is 0 Å². The molecule has 1 aromatic carbocycles. The van der Waals surface area contributed by atoms with Gasteiger partial charge in [-0.05, 0) is 37.3 Å². The number of hydrogen-bond acceptors (Lipinski definition) is 4. The molecule has 1 heterocycles. The van der Waals surface area contributed by atoms with Gasteiger partial charge in [0.25, 0.3) is 5.91 Å². The second-order valence-electron chi connectivity index (χ2n) is 6.87. The summed E-state index contributed by atoms with van der Waals surface area (Å²) >= 11 is 11.8. The molecule has 0 radical (unpaired) electrons. The van der Waals surface area contributed by atoms with Crippen LogP contribution < -0.4 is 10.9 Å². The quantitative estimate of drug-likeness (QED) is 0.239. The maximum absolute atomic E-state index is 12.1. The van der Waals surface area contributed by atoms with Gasteiger partial charge in [0.05, 0.1) is 15.7 Å². The molecular weight excluding hydrogens is 431 g/mol. The SMILES string of the molecule is CCCCCCCCC1=S(C)C(=O)C=C1OCC(=O)NNc1ccc(Cl)c(Cl)c1. The number of ether oxygens (including phenoxy) is 1. The number of allylic oxidation sites excluding steroid dienone is 1. The van der Waals surface area contributed by atoms with Gasteiger partial charge in [-0.3, -0.25) is 20.4 Å². The van der Waals surface area contributed by atoms with Crippen molar-refractivity contribution < 1.29 is 14.3 Å². The van der Waals surface area contributed by atoms with E-state index in [9.17, 15) is 9.59 Å². The number of hydrazine groups is 1. The molecule has 0 fully saturated rings. The van der Waals surface area contributed by atoms with Crippen LogP contribution in [0.2, 0.25) is 10.0 Å². The fourth-order valence-corrected chi connectivity index (χ4v) is 4.60. The van der Waals surface area contributed by atoms with Crippen LogP contribution in [0, 0.1) is 0 Å². The van der Waals surface area contributed by atoms with E-state index in [2.05, 4.69) is 17.8 Å². The molecular formula is C21H28Cl2N2O3S. The highest BCUT2D eigenvalue weighted by Gasteiger charge is 2.22. The number of benzene rings is 1. The summed E-state index contributed by atoms with van der Waals surface area (Å²) in [6.07, 6.45) is 11.4. The van der Waals surface area contributed by atoms with E-state index in [4.69, 9.17) is 27.9 Å². The Balaban J connectivity index is 1.78. The average Bonchev–Trinajstić information content (AvgIpc) is 2.97. The fourth-order valence-electron chi connectivity index (χ4n) is 2.91. The third kappa shape index (κ3) is 7.68. The zero-order valence-electron chi connectivity index (χ0n) is 16.9. The topological polar surface area (TPSA) is 67.4 Å². The molecule has 29 heavy (non-hydrogen) atoms. The minimum atomic E-state index is -0.462. The number of nitrogens with one attached hydrogen (secondary N) is 2. The van der Waals surface area contributed by atoms with Crippen molar-refractivity contribution in [3.05, 3.63) is 40.1 Å². The highest BCUT2D eigenvalue weighted by molar-refractivity contribution is 8.29. The van der Waals surface area contributed by atoms with Gasteiger partial charge >= 0.3 is 0 Å². The lowest BCUT2D eigenvalue weighted by atomic mass is 10.1. The first kappa shape index (κ1) is 23.8. The van der Waals surface area contributed by atoms with E-state index in [0.29, 0.717) is 21.5 Å². The van der Waals surface area contributed by atoms with Gasteiger partial charge in [-0.15, -0.1) is 10.5 Å². The van der Waals surface area contributed by atoms with Gasteiger partial charge in [-0.2, -0.15) is 0 Å². The molecule has 1 aliphatic rings. The van der Waals surface area contributed by atoms with Crippen LogP contribution in [0.1, 0.15) is 51.9 Å². The Morgan fingerprint density at radius 3 is 2.55 bits per heavy atom. The van der Waals surface area contributed by atoms with Crippen molar-refractivity contribution in [2.75, 3.05) is 18.3 Å². The van der Waals surface area contributed by atoms with Crippen molar-refractivity contribution in [1.29, 1.82) is 0 Å². The first-order valence-electron chi connectivity index (χ1n) is 9.83. The van der Waals surface area contributed by atoms with Gasteiger partial charge in [0.1, 0.15) is 5.76 Å². The van der Waals surface area contributed by atoms with Crippen molar-refractivity contribution in [2.24, 2.45) is 0 Å². The highest BCUT2D eigenvalue weighted by Crippen LogP contribution is 2.29. The van der Waals surface area contributed by atoms with Crippen molar-refractivity contribution >= 4 is 55.3 Å². The van der Waals surface area contributed by atoms with Crippen molar-refractivity contribution in [2.45, 2.75) is 51.9 Å². The molecule has 8 heteroatoms. The van der Waals surface area contributed by atoms with E-state index in [1.807, 2.05) is 6.26 Å². The van der Waals surface area contributed by atoms with Crippen LogP contribution in [0.3, 0.4) is 0 Å². The van der Waals surface area contributed by atoms with E-state index < -0.39 is 10.5 Å². The number of unbranched alkanes of at least 4 members (excludes halogenated alkanes) is 5. The summed E-state index contributed by atoms with van der Waals surface area (Å²) in [4.78, 5) is 25.2. The van der Waals surface area contributed by atoms with Crippen LogP contribution in [0.4, 0.5) is 5.69 Å².